The first kappa shape index (κ1) is 14.1. The highest BCUT2D eigenvalue weighted by atomic mass is 127. The zero-order valence-corrected chi connectivity index (χ0v) is 13.7. The van der Waals surface area contributed by atoms with Crippen LogP contribution in [0.4, 0.5) is 0 Å². The molecule has 0 aliphatic rings. The van der Waals surface area contributed by atoms with Crippen molar-refractivity contribution >= 4 is 0 Å². The van der Waals surface area contributed by atoms with Gasteiger partial charge < -0.3 is 0 Å². The smallest absolute Gasteiger partial charge is 0.0619 e. The van der Waals surface area contributed by atoms with E-state index in [0.29, 0.717) is 0 Å². The molecule has 19 heavy (non-hydrogen) atoms. The molecule has 0 fully saturated rings. The second-order valence-corrected chi connectivity index (χ2v) is 7.76. The largest absolute Gasteiger partial charge is 0.420 e. The number of hydrogen-bond acceptors (Lipinski definition) is 0. The van der Waals surface area contributed by atoms with Crippen LogP contribution in [0.5, 0.6) is 0 Å². The Morgan fingerprint density at radius 1 is 0.842 bits per heavy atom. The monoisotopic (exact) mass is 361 g/mol. The minimum atomic E-state index is -0.191. The Kier molecular flexibility index (Phi) is 4.66. The standard InChI is InChI=1S/C18H18I/c1-18(2,3)16-11-9-15(10-12-16)13-14-19-17-7-5-4-6-8-17/h4-12H,1-3H3/q+1. The van der Waals surface area contributed by atoms with E-state index in [1.54, 1.807) is 0 Å². The van der Waals surface area contributed by atoms with Crippen molar-refractivity contribution in [2.75, 3.05) is 0 Å². The first-order valence-corrected chi connectivity index (χ1v) is 8.52. The van der Waals surface area contributed by atoms with Gasteiger partial charge in [0.25, 0.3) is 0 Å². The lowest BCUT2D eigenvalue weighted by molar-refractivity contribution is -0.535. The molecule has 0 aromatic heterocycles. The highest BCUT2D eigenvalue weighted by molar-refractivity contribution is 5.36. The second kappa shape index (κ2) is 6.25. The molecule has 0 N–H and O–H groups in total. The number of rotatable bonds is 1. The summed E-state index contributed by atoms with van der Waals surface area (Å²) in [6, 6.07) is 19.1. The summed E-state index contributed by atoms with van der Waals surface area (Å²) in [5, 5.41) is 0. The van der Waals surface area contributed by atoms with Gasteiger partial charge in [-0.3, -0.25) is 0 Å². The molecule has 0 aliphatic heterocycles. The Hall–Kier alpha value is -1.27. The van der Waals surface area contributed by atoms with Crippen molar-refractivity contribution in [1.29, 1.82) is 0 Å². The molecule has 0 unspecified atom stereocenters. The van der Waals surface area contributed by atoms with Crippen LogP contribution in [0.15, 0.2) is 54.6 Å². The lowest BCUT2D eigenvalue weighted by Gasteiger charge is -2.18. The van der Waals surface area contributed by atoms with Crippen LogP contribution in [0.1, 0.15) is 31.9 Å². The van der Waals surface area contributed by atoms with Crippen LogP contribution in [-0.4, -0.2) is 0 Å². The third-order valence-corrected chi connectivity index (χ3v) is 4.71. The molecular formula is C18H18I+. The molecule has 0 amide bonds. The fourth-order valence-corrected chi connectivity index (χ4v) is 3.20. The van der Waals surface area contributed by atoms with Gasteiger partial charge >= 0.3 is 21.2 Å². The topological polar surface area (TPSA) is 0 Å². The van der Waals surface area contributed by atoms with Crippen molar-refractivity contribution in [2.45, 2.75) is 26.2 Å². The van der Waals surface area contributed by atoms with Gasteiger partial charge in [-0.25, -0.2) is 0 Å². The molecular weight excluding hydrogens is 343 g/mol. The van der Waals surface area contributed by atoms with Gasteiger partial charge in [-0.1, -0.05) is 51.1 Å². The third kappa shape index (κ3) is 4.40. The van der Waals surface area contributed by atoms with Gasteiger partial charge in [0.05, 0.1) is 0 Å². The van der Waals surface area contributed by atoms with Crippen LogP contribution in [0.25, 0.3) is 0 Å². The Balaban J connectivity index is 2.05. The molecule has 2 rings (SSSR count). The van der Waals surface area contributed by atoms with E-state index < -0.39 is 0 Å². The van der Waals surface area contributed by atoms with Crippen molar-refractivity contribution in [3.05, 3.63) is 69.3 Å². The summed E-state index contributed by atoms with van der Waals surface area (Å²) in [5.74, 6) is 3.27. The van der Waals surface area contributed by atoms with Gasteiger partial charge in [-0.2, -0.15) is 0 Å². The predicted molar refractivity (Wildman–Crippen MR) is 77.2 cm³/mol. The van der Waals surface area contributed by atoms with E-state index >= 15 is 0 Å². The molecule has 0 radical (unpaired) electrons. The summed E-state index contributed by atoms with van der Waals surface area (Å²) in [5.41, 5.74) is 2.68. The van der Waals surface area contributed by atoms with Gasteiger partial charge in [0.2, 0.25) is 3.57 Å². The molecule has 0 saturated carbocycles. The summed E-state index contributed by atoms with van der Waals surface area (Å²) in [6.07, 6.45) is 0. The van der Waals surface area contributed by atoms with Crippen molar-refractivity contribution in [2.24, 2.45) is 0 Å². The van der Waals surface area contributed by atoms with Crippen molar-refractivity contribution < 1.29 is 21.2 Å². The normalized spacial score (nSPS) is 10.7. The SMILES string of the molecule is CC(C)(C)c1ccc(C#C[I+]c2ccccc2)cc1. The first-order chi connectivity index (χ1) is 9.05. The molecule has 0 atom stereocenters. The van der Waals surface area contributed by atoms with Crippen LogP contribution < -0.4 is 21.2 Å². The molecule has 2 aromatic rings. The van der Waals surface area contributed by atoms with Crippen molar-refractivity contribution in [3.8, 4) is 9.85 Å². The van der Waals surface area contributed by atoms with E-state index in [1.165, 1.54) is 9.13 Å². The van der Waals surface area contributed by atoms with E-state index in [2.05, 4.69) is 79.1 Å². The molecule has 1 heteroatoms. The van der Waals surface area contributed by atoms with E-state index in [9.17, 15) is 0 Å². The second-order valence-electron chi connectivity index (χ2n) is 5.44. The Morgan fingerprint density at radius 3 is 2.05 bits per heavy atom. The zero-order valence-electron chi connectivity index (χ0n) is 11.6. The lowest BCUT2D eigenvalue weighted by atomic mass is 9.87. The Morgan fingerprint density at radius 2 is 1.47 bits per heavy atom. The predicted octanol–water partition coefficient (Wildman–Crippen LogP) is 1.25. The van der Waals surface area contributed by atoms with Crippen LogP contribution in [0.2, 0.25) is 0 Å². The van der Waals surface area contributed by atoms with Gasteiger partial charge in [0, 0.05) is 5.56 Å². The molecule has 0 aliphatic carbocycles. The zero-order chi connectivity index (χ0) is 13.7. The minimum Gasteiger partial charge on any atom is -0.0619 e. The van der Waals surface area contributed by atoms with Gasteiger partial charge in [-0.15, -0.1) is 0 Å². The maximum Gasteiger partial charge on any atom is 0.420 e. The lowest BCUT2D eigenvalue weighted by Crippen LogP contribution is -3.59. The molecule has 0 bridgehead atoms. The average Bonchev–Trinajstić information content (AvgIpc) is 2.39. The van der Waals surface area contributed by atoms with E-state index in [-0.39, 0.29) is 26.6 Å². The highest BCUT2D eigenvalue weighted by Crippen LogP contribution is 2.21. The van der Waals surface area contributed by atoms with E-state index in [4.69, 9.17) is 0 Å². The van der Waals surface area contributed by atoms with E-state index in [1.807, 2.05) is 6.07 Å². The molecule has 0 nitrogen and oxygen atoms in total. The Bertz CT molecular complexity index is 578. The number of benzene rings is 2. The maximum absolute atomic E-state index is 3.34. The highest BCUT2D eigenvalue weighted by Gasteiger charge is 2.12. The van der Waals surface area contributed by atoms with Gasteiger partial charge in [0.15, 0.2) is 3.93 Å². The number of hydrogen-bond donors (Lipinski definition) is 0. The van der Waals surface area contributed by atoms with Crippen LogP contribution in [0.3, 0.4) is 0 Å². The van der Waals surface area contributed by atoms with Crippen LogP contribution in [0, 0.1) is 13.4 Å². The quantitative estimate of drug-likeness (QED) is 0.530. The summed E-state index contributed by atoms with van der Waals surface area (Å²) in [7, 11) is 0. The molecule has 0 saturated heterocycles. The van der Waals surface area contributed by atoms with Crippen LogP contribution >= 0.6 is 0 Å². The average molecular weight is 361 g/mol. The third-order valence-electron chi connectivity index (χ3n) is 2.83. The fraction of sp³-hybridized carbons (Fsp3) is 0.222. The summed E-state index contributed by atoms with van der Waals surface area (Å²) < 4.78 is 4.71. The molecule has 0 spiro atoms. The van der Waals surface area contributed by atoms with Crippen molar-refractivity contribution in [3.63, 3.8) is 0 Å². The molecule has 2 aromatic carbocycles. The summed E-state index contributed by atoms with van der Waals surface area (Å²) in [6.45, 7) is 6.69. The fourth-order valence-electron chi connectivity index (χ4n) is 1.66. The van der Waals surface area contributed by atoms with Gasteiger partial charge in [0.1, 0.15) is 0 Å². The molecule has 0 heterocycles. The van der Waals surface area contributed by atoms with Crippen molar-refractivity contribution in [1.82, 2.24) is 0 Å². The van der Waals surface area contributed by atoms with Crippen LogP contribution in [-0.2, 0) is 5.41 Å². The molecule has 96 valence electrons. The number of halogens is 1. The Labute approximate surface area is 126 Å². The van der Waals surface area contributed by atoms with E-state index in [0.717, 1.165) is 5.56 Å². The minimum absolute atomic E-state index is 0.191. The first-order valence-electron chi connectivity index (χ1n) is 6.36. The summed E-state index contributed by atoms with van der Waals surface area (Å²) in [4.78, 5) is 0. The maximum atomic E-state index is 3.34. The van der Waals surface area contributed by atoms with Gasteiger partial charge in [-0.05, 0) is 41.2 Å². The summed E-state index contributed by atoms with van der Waals surface area (Å²) >= 11 is -0.191.